The van der Waals surface area contributed by atoms with Crippen LogP contribution in [0.1, 0.15) is 226 Å². The highest BCUT2D eigenvalue weighted by Crippen LogP contribution is 2.16. The van der Waals surface area contributed by atoms with Crippen LogP contribution in [0.15, 0.2) is 72.9 Å². The summed E-state index contributed by atoms with van der Waals surface area (Å²) < 4.78 is 5.80. The smallest absolute Gasteiger partial charge is 0.306 e. The molecule has 0 aliphatic carbocycles. The maximum atomic E-state index is 13.1. The Morgan fingerprint density at radius 3 is 1.46 bits per heavy atom. The molecule has 6 heteroatoms. The van der Waals surface area contributed by atoms with Crippen LogP contribution in [0.5, 0.6) is 0 Å². The van der Waals surface area contributed by atoms with E-state index in [-0.39, 0.29) is 24.9 Å². The van der Waals surface area contributed by atoms with Gasteiger partial charge in [-0.25, -0.2) is 0 Å². The molecule has 0 rings (SSSR count). The molecule has 340 valence electrons. The van der Waals surface area contributed by atoms with Gasteiger partial charge in [0.05, 0.1) is 25.2 Å². The minimum absolute atomic E-state index is 0.0511. The number of aliphatic hydroxyl groups is 2. The van der Waals surface area contributed by atoms with Crippen LogP contribution in [0.2, 0.25) is 0 Å². The fraction of sp³-hybridized carbons (Fsp3) is 0.736. The number of aliphatic hydroxyl groups excluding tert-OH is 2. The van der Waals surface area contributed by atoms with Crippen LogP contribution < -0.4 is 5.32 Å². The Hall–Kier alpha value is -2.70. The van der Waals surface area contributed by atoms with E-state index in [1.165, 1.54) is 103 Å². The maximum Gasteiger partial charge on any atom is 0.306 e. The van der Waals surface area contributed by atoms with Crippen molar-refractivity contribution in [2.24, 2.45) is 0 Å². The van der Waals surface area contributed by atoms with Gasteiger partial charge in [-0.05, 0) is 76.7 Å². The van der Waals surface area contributed by atoms with Crippen molar-refractivity contribution >= 4 is 11.9 Å². The van der Waals surface area contributed by atoms with Crippen molar-refractivity contribution in [3.8, 4) is 0 Å². The number of rotatable bonds is 43. The molecule has 0 bridgehead atoms. The lowest BCUT2D eigenvalue weighted by Gasteiger charge is -2.23. The van der Waals surface area contributed by atoms with Gasteiger partial charge in [0, 0.05) is 6.42 Å². The molecule has 1 amide bonds. The molecule has 3 atom stereocenters. The van der Waals surface area contributed by atoms with Gasteiger partial charge in [-0.3, -0.25) is 9.59 Å². The molecule has 0 saturated heterocycles. The van der Waals surface area contributed by atoms with E-state index >= 15 is 0 Å². The molecule has 0 aliphatic rings. The average Bonchev–Trinajstić information content (AvgIpc) is 3.23. The zero-order valence-corrected chi connectivity index (χ0v) is 38.6. The Labute approximate surface area is 364 Å². The standard InChI is InChI=1S/C53H93NO5/c1-4-7-10-13-16-19-22-25-27-29-32-35-38-41-44-49(59-53(58)46-43-40-37-34-31-24-21-18-15-12-9-6-3)47-52(57)54-50(48-55)51(56)45-42-39-36-33-30-28-26-23-20-17-14-11-8-5-2/h7,10,16,18-19,21,25,27,32,35,41,44,49-51,55-56H,4-6,8-9,11-15,17,20,22-24,26,28-31,33-34,36-40,42-43,45-48H2,1-3H3,(H,54,57)/b10-7+,19-16+,21-18-,27-25+,35-32+,44-41+. The van der Waals surface area contributed by atoms with Gasteiger partial charge in [0.25, 0.3) is 0 Å². The molecule has 0 radical (unpaired) electrons. The van der Waals surface area contributed by atoms with E-state index in [0.29, 0.717) is 19.3 Å². The lowest BCUT2D eigenvalue weighted by atomic mass is 10.0. The molecule has 59 heavy (non-hydrogen) atoms. The molecule has 3 unspecified atom stereocenters. The second kappa shape index (κ2) is 46.4. The highest BCUT2D eigenvalue weighted by atomic mass is 16.5. The fourth-order valence-corrected chi connectivity index (χ4v) is 7.03. The molecule has 0 spiro atoms. The van der Waals surface area contributed by atoms with E-state index in [1.54, 1.807) is 6.08 Å². The molecule has 3 N–H and O–H groups in total. The topological polar surface area (TPSA) is 95.9 Å². The van der Waals surface area contributed by atoms with E-state index in [4.69, 9.17) is 4.74 Å². The quantitative estimate of drug-likeness (QED) is 0.0323. The zero-order valence-electron chi connectivity index (χ0n) is 38.6. The Kier molecular flexibility index (Phi) is 44.2. The van der Waals surface area contributed by atoms with Gasteiger partial charge in [-0.2, -0.15) is 0 Å². The first kappa shape index (κ1) is 56.3. The molecule has 0 aliphatic heterocycles. The van der Waals surface area contributed by atoms with Crippen molar-refractivity contribution in [1.29, 1.82) is 0 Å². The molecular formula is C53H93NO5. The second-order valence-corrected chi connectivity index (χ2v) is 16.5. The summed E-state index contributed by atoms with van der Waals surface area (Å²) in [7, 11) is 0. The maximum absolute atomic E-state index is 13.1. The van der Waals surface area contributed by atoms with Gasteiger partial charge in [0.2, 0.25) is 5.91 Å². The number of esters is 1. The molecule has 0 saturated carbocycles. The van der Waals surface area contributed by atoms with Gasteiger partial charge < -0.3 is 20.3 Å². The summed E-state index contributed by atoms with van der Waals surface area (Å²) in [6.07, 6.45) is 58.5. The number of hydrogen-bond donors (Lipinski definition) is 3. The summed E-state index contributed by atoms with van der Waals surface area (Å²) in [5.74, 6) is -0.642. The first-order valence-corrected chi connectivity index (χ1v) is 24.7. The Bertz CT molecular complexity index is 1110. The fourth-order valence-electron chi connectivity index (χ4n) is 7.03. The monoisotopic (exact) mass is 824 g/mol. The highest BCUT2D eigenvalue weighted by Gasteiger charge is 2.23. The largest absolute Gasteiger partial charge is 0.458 e. The SMILES string of the molecule is CC/C=C/C/C=C/C/C=C/C/C=C/C/C=C/C(CC(=O)NC(CO)C(O)CCCCCCCCCCCCCCCC)OC(=O)CCCCCCC/C=C\CCCCC. The summed E-state index contributed by atoms with van der Waals surface area (Å²) in [5.41, 5.74) is 0. The molecule has 0 heterocycles. The lowest BCUT2D eigenvalue weighted by molar-refractivity contribution is -0.148. The van der Waals surface area contributed by atoms with Crippen LogP contribution in [0.3, 0.4) is 0 Å². The normalized spacial score (nSPS) is 13.9. The summed E-state index contributed by atoms with van der Waals surface area (Å²) in [4.78, 5) is 26.0. The van der Waals surface area contributed by atoms with Gasteiger partial charge in [0.1, 0.15) is 6.10 Å². The summed E-state index contributed by atoms with van der Waals surface area (Å²) in [5, 5.41) is 23.7. The van der Waals surface area contributed by atoms with Crippen molar-refractivity contribution in [2.45, 2.75) is 244 Å². The molecule has 0 aromatic carbocycles. The molecule has 0 fully saturated rings. The van der Waals surface area contributed by atoms with Crippen molar-refractivity contribution in [1.82, 2.24) is 5.32 Å². The van der Waals surface area contributed by atoms with E-state index in [2.05, 4.69) is 86.8 Å². The number of carbonyl (C=O) groups is 2. The Morgan fingerprint density at radius 1 is 0.525 bits per heavy atom. The van der Waals surface area contributed by atoms with Crippen LogP contribution in [0, 0.1) is 0 Å². The Balaban J connectivity index is 4.74. The summed E-state index contributed by atoms with van der Waals surface area (Å²) in [6.45, 7) is 6.30. The molecule has 6 nitrogen and oxygen atoms in total. The molecule has 0 aromatic heterocycles. The van der Waals surface area contributed by atoms with E-state index in [0.717, 1.165) is 77.0 Å². The summed E-state index contributed by atoms with van der Waals surface area (Å²) in [6, 6.07) is -0.745. The van der Waals surface area contributed by atoms with Gasteiger partial charge >= 0.3 is 5.97 Å². The van der Waals surface area contributed by atoms with Crippen LogP contribution >= 0.6 is 0 Å². The van der Waals surface area contributed by atoms with Crippen LogP contribution in [0.25, 0.3) is 0 Å². The predicted octanol–water partition coefficient (Wildman–Crippen LogP) is 14.6. The molecular weight excluding hydrogens is 731 g/mol. The lowest BCUT2D eigenvalue weighted by Crippen LogP contribution is -2.46. The number of nitrogens with one attached hydrogen (secondary N) is 1. The van der Waals surface area contributed by atoms with Crippen molar-refractivity contribution < 1.29 is 24.5 Å². The average molecular weight is 824 g/mol. The minimum atomic E-state index is -0.821. The second-order valence-electron chi connectivity index (χ2n) is 16.5. The van der Waals surface area contributed by atoms with Gasteiger partial charge in [-0.15, -0.1) is 0 Å². The predicted molar refractivity (Wildman–Crippen MR) is 255 cm³/mol. The highest BCUT2D eigenvalue weighted by molar-refractivity contribution is 5.78. The molecule has 0 aromatic rings. The Morgan fingerprint density at radius 2 is 0.949 bits per heavy atom. The van der Waals surface area contributed by atoms with E-state index in [1.807, 2.05) is 6.08 Å². The first-order valence-electron chi connectivity index (χ1n) is 24.7. The number of allylic oxidation sites excluding steroid dienone is 11. The zero-order chi connectivity index (χ0) is 43.1. The van der Waals surface area contributed by atoms with Crippen molar-refractivity contribution in [2.75, 3.05) is 6.61 Å². The van der Waals surface area contributed by atoms with E-state index < -0.39 is 18.2 Å². The van der Waals surface area contributed by atoms with Crippen LogP contribution in [-0.2, 0) is 14.3 Å². The minimum Gasteiger partial charge on any atom is -0.458 e. The number of hydrogen-bond acceptors (Lipinski definition) is 5. The van der Waals surface area contributed by atoms with Crippen molar-refractivity contribution in [3.63, 3.8) is 0 Å². The number of amides is 1. The number of carbonyl (C=O) groups excluding carboxylic acids is 2. The van der Waals surface area contributed by atoms with Crippen LogP contribution in [0.4, 0.5) is 0 Å². The third kappa shape index (κ3) is 41.8. The third-order valence-electron chi connectivity index (χ3n) is 10.8. The first-order chi connectivity index (χ1) is 29.0. The number of ether oxygens (including phenoxy) is 1. The van der Waals surface area contributed by atoms with Crippen molar-refractivity contribution in [3.05, 3.63) is 72.9 Å². The number of unbranched alkanes of at least 4 members (excludes halogenated alkanes) is 21. The third-order valence-corrected chi connectivity index (χ3v) is 10.8. The van der Waals surface area contributed by atoms with Gasteiger partial charge in [0.15, 0.2) is 0 Å². The van der Waals surface area contributed by atoms with Crippen LogP contribution in [-0.4, -0.2) is 46.9 Å². The van der Waals surface area contributed by atoms with Gasteiger partial charge in [-0.1, -0.05) is 210 Å². The summed E-state index contributed by atoms with van der Waals surface area (Å²) >= 11 is 0. The van der Waals surface area contributed by atoms with E-state index in [9.17, 15) is 19.8 Å².